The Kier molecular flexibility index (Phi) is 2.72. The lowest BCUT2D eigenvalue weighted by Gasteiger charge is -2.27. The van der Waals surface area contributed by atoms with Gasteiger partial charge in [-0.2, -0.15) is 0 Å². The molecule has 1 fully saturated rings. The molecule has 3 heteroatoms. The van der Waals surface area contributed by atoms with Crippen molar-refractivity contribution in [1.82, 2.24) is 14.9 Å². The third-order valence-corrected chi connectivity index (χ3v) is 4.15. The van der Waals surface area contributed by atoms with E-state index in [0.29, 0.717) is 11.8 Å². The van der Waals surface area contributed by atoms with Crippen LogP contribution in [0.1, 0.15) is 56.0 Å². The van der Waals surface area contributed by atoms with Gasteiger partial charge >= 0.3 is 0 Å². The van der Waals surface area contributed by atoms with E-state index in [1.165, 1.54) is 43.7 Å². The average Bonchev–Trinajstić information content (AvgIpc) is 2.75. The van der Waals surface area contributed by atoms with Gasteiger partial charge in [-0.1, -0.05) is 6.92 Å². The second kappa shape index (κ2) is 4.21. The highest BCUT2D eigenvalue weighted by Crippen LogP contribution is 2.32. The van der Waals surface area contributed by atoms with E-state index in [-0.39, 0.29) is 0 Å². The zero-order valence-corrected chi connectivity index (χ0v) is 10.1. The molecular formula is C13H21N3. The Morgan fingerprint density at radius 3 is 2.94 bits per heavy atom. The Bertz CT molecular complexity index is 363. The lowest BCUT2D eigenvalue weighted by Crippen LogP contribution is -2.28. The molecule has 0 aliphatic carbocycles. The first-order chi connectivity index (χ1) is 7.86. The first kappa shape index (κ1) is 10.3. The molecular weight excluding hydrogens is 198 g/mol. The van der Waals surface area contributed by atoms with E-state index in [4.69, 9.17) is 4.98 Å². The third-order valence-electron chi connectivity index (χ3n) is 4.15. The molecule has 2 aliphatic rings. The molecule has 0 aromatic carbocycles. The number of rotatable bonds is 1. The maximum absolute atomic E-state index is 4.71. The second-order valence-electron chi connectivity index (χ2n) is 5.26. The van der Waals surface area contributed by atoms with Crippen molar-refractivity contribution >= 4 is 0 Å². The monoisotopic (exact) mass is 219 g/mol. The van der Waals surface area contributed by atoms with Crippen LogP contribution >= 0.6 is 0 Å². The molecule has 1 saturated heterocycles. The van der Waals surface area contributed by atoms with Gasteiger partial charge in [-0.05, 0) is 44.7 Å². The highest BCUT2D eigenvalue weighted by Gasteiger charge is 2.25. The Balaban J connectivity index is 1.89. The molecule has 3 nitrogen and oxygen atoms in total. The molecule has 88 valence electrons. The molecule has 16 heavy (non-hydrogen) atoms. The van der Waals surface area contributed by atoms with Crippen LogP contribution in [0.25, 0.3) is 0 Å². The fraction of sp³-hybridized carbons (Fsp3) is 0.769. The first-order valence-electron chi connectivity index (χ1n) is 6.62. The molecule has 3 heterocycles. The first-order valence-corrected chi connectivity index (χ1v) is 6.62. The molecule has 3 rings (SSSR count). The smallest absolute Gasteiger partial charge is 0.112 e. The normalized spacial score (nSPS) is 26.7. The summed E-state index contributed by atoms with van der Waals surface area (Å²) in [6.45, 7) is 5.84. The summed E-state index contributed by atoms with van der Waals surface area (Å²) in [5, 5.41) is 3.43. The number of hydrogen-bond acceptors (Lipinski definition) is 2. The second-order valence-corrected chi connectivity index (χ2v) is 5.26. The van der Waals surface area contributed by atoms with Gasteiger partial charge in [0.15, 0.2) is 0 Å². The maximum Gasteiger partial charge on any atom is 0.112 e. The van der Waals surface area contributed by atoms with Crippen LogP contribution in [0.15, 0.2) is 6.20 Å². The van der Waals surface area contributed by atoms with Gasteiger partial charge in [-0.15, -0.1) is 0 Å². The van der Waals surface area contributed by atoms with Crippen LogP contribution in [0.4, 0.5) is 0 Å². The summed E-state index contributed by atoms with van der Waals surface area (Å²) in [6, 6.07) is 0. The van der Waals surface area contributed by atoms with Crippen LogP contribution in [-0.2, 0) is 6.54 Å². The Morgan fingerprint density at radius 1 is 1.31 bits per heavy atom. The minimum Gasteiger partial charge on any atom is -0.332 e. The lowest BCUT2D eigenvalue weighted by molar-refractivity contribution is 0.404. The van der Waals surface area contributed by atoms with Crippen molar-refractivity contribution in [3.63, 3.8) is 0 Å². The van der Waals surface area contributed by atoms with Crippen LogP contribution in [-0.4, -0.2) is 22.6 Å². The van der Waals surface area contributed by atoms with Crippen molar-refractivity contribution in [3.05, 3.63) is 17.7 Å². The van der Waals surface area contributed by atoms with E-state index < -0.39 is 0 Å². The molecule has 0 radical (unpaired) electrons. The molecule has 1 aromatic heterocycles. The third kappa shape index (κ3) is 1.67. The SMILES string of the molecule is CC1CCCn2c1cnc2C1CCNCC1. The highest BCUT2D eigenvalue weighted by molar-refractivity contribution is 5.15. The molecule has 0 bridgehead atoms. The summed E-state index contributed by atoms with van der Waals surface area (Å²) < 4.78 is 2.50. The van der Waals surface area contributed by atoms with Gasteiger partial charge in [0.1, 0.15) is 5.82 Å². The van der Waals surface area contributed by atoms with Crippen molar-refractivity contribution in [2.45, 2.75) is 51.0 Å². The minimum atomic E-state index is 0.695. The van der Waals surface area contributed by atoms with Crippen LogP contribution in [0.5, 0.6) is 0 Å². The number of aromatic nitrogens is 2. The van der Waals surface area contributed by atoms with Crippen molar-refractivity contribution in [2.75, 3.05) is 13.1 Å². The van der Waals surface area contributed by atoms with Gasteiger partial charge in [0, 0.05) is 24.4 Å². The van der Waals surface area contributed by atoms with Crippen molar-refractivity contribution in [1.29, 1.82) is 0 Å². The largest absolute Gasteiger partial charge is 0.332 e. The number of hydrogen-bond donors (Lipinski definition) is 1. The zero-order chi connectivity index (χ0) is 11.0. The summed E-state index contributed by atoms with van der Waals surface area (Å²) in [6.07, 6.45) is 7.29. The molecule has 1 atom stereocenters. The lowest BCUT2D eigenvalue weighted by atomic mass is 9.95. The fourth-order valence-electron chi connectivity index (χ4n) is 3.15. The molecule has 2 aliphatic heterocycles. The van der Waals surface area contributed by atoms with Crippen LogP contribution in [0.3, 0.4) is 0 Å². The van der Waals surface area contributed by atoms with E-state index in [1.807, 2.05) is 0 Å². The van der Waals surface area contributed by atoms with Gasteiger partial charge in [0.05, 0.1) is 0 Å². The van der Waals surface area contributed by atoms with Crippen LogP contribution in [0.2, 0.25) is 0 Å². The van der Waals surface area contributed by atoms with Crippen molar-refractivity contribution in [3.8, 4) is 0 Å². The fourth-order valence-corrected chi connectivity index (χ4v) is 3.15. The Morgan fingerprint density at radius 2 is 2.12 bits per heavy atom. The topological polar surface area (TPSA) is 29.9 Å². The van der Waals surface area contributed by atoms with E-state index in [9.17, 15) is 0 Å². The minimum absolute atomic E-state index is 0.695. The van der Waals surface area contributed by atoms with E-state index >= 15 is 0 Å². The molecule has 1 unspecified atom stereocenters. The van der Waals surface area contributed by atoms with Gasteiger partial charge in [-0.3, -0.25) is 0 Å². The number of nitrogens with one attached hydrogen (secondary N) is 1. The molecule has 0 spiro atoms. The molecule has 1 aromatic rings. The molecule has 0 amide bonds. The van der Waals surface area contributed by atoms with Gasteiger partial charge < -0.3 is 9.88 Å². The van der Waals surface area contributed by atoms with E-state index in [1.54, 1.807) is 0 Å². The molecule has 0 saturated carbocycles. The quantitative estimate of drug-likeness (QED) is 0.785. The highest BCUT2D eigenvalue weighted by atomic mass is 15.1. The van der Waals surface area contributed by atoms with Crippen LogP contribution in [0, 0.1) is 0 Å². The van der Waals surface area contributed by atoms with Gasteiger partial charge in [-0.25, -0.2) is 4.98 Å². The standard InChI is InChI=1S/C13H21N3/c1-10-3-2-8-16-12(10)9-15-13(16)11-4-6-14-7-5-11/h9-11,14H,2-8H2,1H3. The Labute approximate surface area is 97.3 Å². The van der Waals surface area contributed by atoms with E-state index in [2.05, 4.69) is 23.0 Å². The predicted octanol–water partition coefficient (Wildman–Crippen LogP) is 2.25. The summed E-state index contributed by atoms with van der Waals surface area (Å²) in [4.78, 5) is 4.71. The number of fused-ring (bicyclic) bond motifs is 1. The summed E-state index contributed by atoms with van der Waals surface area (Å²) in [7, 11) is 0. The number of nitrogens with zero attached hydrogens (tertiary/aromatic N) is 2. The summed E-state index contributed by atoms with van der Waals surface area (Å²) >= 11 is 0. The number of imidazole rings is 1. The predicted molar refractivity (Wildman–Crippen MR) is 64.7 cm³/mol. The average molecular weight is 219 g/mol. The molecule has 1 N–H and O–H groups in total. The number of piperidine rings is 1. The zero-order valence-electron chi connectivity index (χ0n) is 10.1. The Hall–Kier alpha value is -0.830. The van der Waals surface area contributed by atoms with Crippen LogP contribution < -0.4 is 5.32 Å². The van der Waals surface area contributed by atoms with Gasteiger partial charge in [0.2, 0.25) is 0 Å². The summed E-state index contributed by atoms with van der Waals surface area (Å²) in [5.41, 5.74) is 1.47. The van der Waals surface area contributed by atoms with Crippen molar-refractivity contribution < 1.29 is 0 Å². The van der Waals surface area contributed by atoms with Crippen molar-refractivity contribution in [2.24, 2.45) is 0 Å². The van der Waals surface area contributed by atoms with E-state index in [0.717, 1.165) is 13.1 Å². The maximum atomic E-state index is 4.71. The summed E-state index contributed by atoms with van der Waals surface area (Å²) in [5.74, 6) is 2.76. The van der Waals surface area contributed by atoms with Gasteiger partial charge in [0.25, 0.3) is 0 Å².